The van der Waals surface area contributed by atoms with Gasteiger partial charge in [0.2, 0.25) is 0 Å². The minimum atomic E-state index is -0.350. The molecule has 0 heterocycles. The Labute approximate surface area is 628 Å². The molecule has 11 rings (SSSR count). The van der Waals surface area contributed by atoms with Crippen LogP contribution in [0.25, 0.3) is 66.8 Å². The highest BCUT2D eigenvalue weighted by Gasteiger charge is 2.25. The van der Waals surface area contributed by atoms with Gasteiger partial charge in [-0.2, -0.15) is 0 Å². The maximum absolute atomic E-state index is 6.81. The maximum Gasteiger partial charge on any atom is 0.0464 e. The highest BCUT2D eigenvalue weighted by Crippen LogP contribution is 2.45. The Hall–Kier alpha value is -9.02. The van der Waals surface area contributed by atoms with Crippen LogP contribution in [0.4, 0.5) is 34.1 Å². The lowest BCUT2D eigenvalue weighted by molar-refractivity contribution is 0.439. The van der Waals surface area contributed by atoms with Crippen molar-refractivity contribution in [2.45, 2.75) is 218 Å². The lowest BCUT2D eigenvalue weighted by Gasteiger charge is -2.28. The third-order valence-corrected chi connectivity index (χ3v) is 22.5. The van der Waals surface area contributed by atoms with Gasteiger partial charge in [-0.3, -0.25) is 0 Å². The fraction of sp³-hybridized carbons (Fsp3) is 0.347. The summed E-state index contributed by atoms with van der Waals surface area (Å²) in [5.74, 6) is 1.23. The van der Waals surface area contributed by atoms with Crippen molar-refractivity contribution in [3.63, 3.8) is 0 Å². The van der Waals surface area contributed by atoms with Crippen LogP contribution in [0.3, 0.4) is 0 Å². The van der Waals surface area contributed by atoms with E-state index >= 15 is 0 Å². The molecular weight excluding hydrogens is 1260 g/mol. The summed E-state index contributed by atoms with van der Waals surface area (Å²) in [4.78, 5) is 4.91. The molecule has 0 radical (unpaired) electrons. The van der Waals surface area contributed by atoms with Crippen LogP contribution in [0, 0.1) is 39.5 Å². The number of unbranched alkanes of at least 4 members (excludes halogenated alkanes) is 6. The third kappa shape index (κ3) is 18.0. The van der Waals surface area contributed by atoms with Gasteiger partial charge in [0.1, 0.15) is 0 Å². The molecule has 0 aliphatic carbocycles. The highest BCUT2D eigenvalue weighted by atomic mass is 15.1. The highest BCUT2D eigenvalue weighted by molar-refractivity contribution is 5.87. The monoisotopic (exact) mass is 1370 g/mol. The van der Waals surface area contributed by atoms with Crippen molar-refractivity contribution in [2.24, 2.45) is 17.6 Å². The number of nitrogens with two attached hydrogens (primary N) is 1. The van der Waals surface area contributed by atoms with Crippen molar-refractivity contribution in [3.8, 4) is 66.8 Å². The molecule has 538 valence electrons. The molecule has 11 aromatic carbocycles. The normalized spacial score (nSPS) is 12.3. The van der Waals surface area contributed by atoms with Gasteiger partial charge in [0.25, 0.3) is 0 Å². The number of nitrogens with zero attached hydrogens (tertiary/aromatic N) is 2. The van der Waals surface area contributed by atoms with Gasteiger partial charge in [-0.05, 0) is 305 Å². The van der Waals surface area contributed by atoms with E-state index in [4.69, 9.17) is 5.73 Å². The first-order valence-corrected chi connectivity index (χ1v) is 39.8. The summed E-state index contributed by atoms with van der Waals surface area (Å²) in [6, 6.07) is 89.0. The Morgan fingerprint density at radius 2 is 0.654 bits per heavy atom. The quantitative estimate of drug-likeness (QED) is 0.0427. The predicted octanol–water partition coefficient (Wildman–Crippen LogP) is 29.6. The molecule has 0 saturated carbocycles. The van der Waals surface area contributed by atoms with Crippen LogP contribution in [-0.4, -0.2) is 0 Å². The zero-order chi connectivity index (χ0) is 73.7. The molecule has 0 saturated heterocycles. The Morgan fingerprint density at radius 1 is 0.317 bits per heavy atom. The van der Waals surface area contributed by atoms with Gasteiger partial charge in [-0.1, -0.05) is 272 Å². The first-order chi connectivity index (χ1) is 50.2. The summed E-state index contributed by atoms with van der Waals surface area (Å²) in [5.41, 5.74) is 42.1. The van der Waals surface area contributed by atoms with Crippen LogP contribution < -0.4 is 15.5 Å². The van der Waals surface area contributed by atoms with Crippen LogP contribution in [0.15, 0.2) is 231 Å². The second kappa shape index (κ2) is 34.7. The molecule has 1 unspecified atom stereocenters. The molecule has 3 heteroatoms. The molecule has 3 nitrogen and oxygen atoms in total. The predicted molar refractivity (Wildman–Crippen MR) is 455 cm³/mol. The summed E-state index contributed by atoms with van der Waals surface area (Å²) in [5, 5.41) is 0. The van der Waals surface area contributed by atoms with Crippen LogP contribution in [0.5, 0.6) is 0 Å². The second-order valence-corrected chi connectivity index (χ2v) is 31.7. The number of hydrogen-bond donors (Lipinski definition) is 1. The molecular formula is C101H119N3. The van der Waals surface area contributed by atoms with Crippen LogP contribution in [0.1, 0.15) is 209 Å². The molecule has 1 atom stereocenters. The topological polar surface area (TPSA) is 32.5 Å². The van der Waals surface area contributed by atoms with Gasteiger partial charge < -0.3 is 15.5 Å². The van der Waals surface area contributed by atoms with Crippen molar-refractivity contribution in [1.82, 2.24) is 0 Å². The van der Waals surface area contributed by atoms with E-state index in [0.29, 0.717) is 11.8 Å². The van der Waals surface area contributed by atoms with E-state index in [1.807, 2.05) is 0 Å². The molecule has 0 spiro atoms. The lowest BCUT2D eigenvalue weighted by Crippen LogP contribution is -2.32. The summed E-state index contributed by atoms with van der Waals surface area (Å²) >= 11 is 0. The van der Waals surface area contributed by atoms with E-state index in [0.717, 1.165) is 98.3 Å². The van der Waals surface area contributed by atoms with E-state index < -0.39 is 0 Å². The van der Waals surface area contributed by atoms with Crippen LogP contribution in [0.2, 0.25) is 0 Å². The second-order valence-electron chi connectivity index (χ2n) is 31.7. The molecule has 0 aromatic heterocycles. The number of rotatable bonds is 32. The minimum Gasteiger partial charge on any atom is -0.322 e. The summed E-state index contributed by atoms with van der Waals surface area (Å²) in [6.07, 6.45) is 18.1. The van der Waals surface area contributed by atoms with Crippen molar-refractivity contribution in [3.05, 3.63) is 286 Å². The molecule has 0 aliphatic rings. The smallest absolute Gasteiger partial charge is 0.0464 e. The van der Waals surface area contributed by atoms with E-state index in [1.165, 1.54) is 161 Å². The van der Waals surface area contributed by atoms with Crippen LogP contribution in [-0.2, 0) is 36.6 Å². The zero-order valence-corrected chi connectivity index (χ0v) is 65.9. The Kier molecular flexibility index (Phi) is 25.4. The molecule has 104 heavy (non-hydrogen) atoms. The number of hydrogen-bond acceptors (Lipinski definition) is 3. The summed E-state index contributed by atoms with van der Waals surface area (Å²) < 4.78 is 0. The molecule has 0 amide bonds. The van der Waals surface area contributed by atoms with Gasteiger partial charge >= 0.3 is 0 Å². The largest absolute Gasteiger partial charge is 0.322 e. The number of anilines is 6. The van der Waals surface area contributed by atoms with Crippen molar-refractivity contribution >= 4 is 34.1 Å². The fourth-order valence-electron chi connectivity index (χ4n) is 16.2. The Bertz CT molecular complexity index is 4560. The van der Waals surface area contributed by atoms with Crippen molar-refractivity contribution in [2.75, 3.05) is 9.80 Å². The van der Waals surface area contributed by atoms with Gasteiger partial charge in [0.15, 0.2) is 0 Å². The van der Waals surface area contributed by atoms with Gasteiger partial charge in [0.05, 0.1) is 0 Å². The van der Waals surface area contributed by atoms with Crippen molar-refractivity contribution in [1.29, 1.82) is 0 Å². The first-order valence-electron chi connectivity index (χ1n) is 39.8. The molecule has 11 aromatic rings. The van der Waals surface area contributed by atoms with Gasteiger partial charge in [-0.15, -0.1) is 0 Å². The minimum absolute atomic E-state index is 0.179. The SMILES string of the molecule is CCCCCCc1cc(-c2ccc(N(c3ccc(-c4ccc(C(C)(CC)CC)cc4)cc3)c3ccc(-c4c(C)cc(CC(C)C)cc4C)cc3)cc2C)c(CCCCCC)cc1-c1ccc(N(c2ccc(-c3ccc(CC(C)C)cc3)cc2)c2ccc(-c3ccc(C(C)(N)CCC)cc3)cc2)cc1C. The molecule has 0 aliphatic heterocycles. The van der Waals surface area contributed by atoms with Crippen molar-refractivity contribution < 1.29 is 0 Å². The Morgan fingerprint density at radius 3 is 1.00 bits per heavy atom. The third-order valence-electron chi connectivity index (χ3n) is 22.5. The van der Waals surface area contributed by atoms with E-state index in [9.17, 15) is 0 Å². The first kappa shape index (κ1) is 76.1. The maximum atomic E-state index is 6.81. The number of aryl methyl sites for hydroxylation is 6. The molecule has 0 bridgehead atoms. The van der Waals surface area contributed by atoms with E-state index in [-0.39, 0.29) is 11.0 Å². The average Bonchev–Trinajstić information content (AvgIpc) is 0.775. The fourth-order valence-corrected chi connectivity index (χ4v) is 16.2. The van der Waals surface area contributed by atoms with E-state index in [1.54, 1.807) is 0 Å². The lowest BCUT2D eigenvalue weighted by atomic mass is 9.77. The zero-order valence-electron chi connectivity index (χ0n) is 65.9. The van der Waals surface area contributed by atoms with E-state index in [2.05, 4.69) is 344 Å². The van der Waals surface area contributed by atoms with Crippen LogP contribution >= 0.6 is 0 Å². The van der Waals surface area contributed by atoms with Gasteiger partial charge in [-0.25, -0.2) is 0 Å². The van der Waals surface area contributed by atoms with Gasteiger partial charge in [0, 0.05) is 39.7 Å². The summed E-state index contributed by atoms with van der Waals surface area (Å²) in [7, 11) is 0. The average molecular weight is 1380 g/mol. The standard InChI is InChI=1S/C101H119N3/c1-16-21-23-25-27-85-69-98(96-60-58-94(67-73(96)11)104(91-51-39-82(40-52-91)79-33-45-87(46-34-79)100(14,19-4)20-5)92-55-43-84(44-56-92)99-74(12)64-77(63-71(8)9)65-75(99)13)86(28-26-24-22-17-2)68-97(85)95-59-57-93(66-72(95)10)103(89-49-37-81(38-50-89)78-31-29-76(30-32-78)62-70(6)7)90-53-41-83(42-54-90)80-35-47-88(48-36-80)101(15,102)61-18-3/h29-60,64-71H,16-28,61-63,102H2,1-15H3. The summed E-state index contributed by atoms with van der Waals surface area (Å²) in [6.45, 7) is 34.5. The number of benzene rings is 11. The molecule has 2 N–H and O–H groups in total. The molecule has 0 fully saturated rings. The Balaban J connectivity index is 0.981.